The number of hydrogen-bond acceptors (Lipinski definition) is 4. The summed E-state index contributed by atoms with van der Waals surface area (Å²) in [5.41, 5.74) is 6.65. The third kappa shape index (κ3) is 3.41. The Bertz CT molecular complexity index is 322. The summed E-state index contributed by atoms with van der Waals surface area (Å²) in [6, 6.07) is 0. The second-order valence-corrected chi connectivity index (χ2v) is 4.41. The number of nitrogen functional groups attached to an aromatic ring is 1. The second kappa shape index (κ2) is 5.75. The third-order valence-electron chi connectivity index (χ3n) is 2.29. The summed E-state index contributed by atoms with van der Waals surface area (Å²) in [5.74, 6) is 1.42. The van der Waals surface area contributed by atoms with Gasteiger partial charge in [-0.25, -0.2) is 0 Å². The molecule has 0 fully saturated rings. The van der Waals surface area contributed by atoms with Gasteiger partial charge in [-0.1, -0.05) is 13.8 Å². The monoisotopic (exact) mass is 226 g/mol. The number of aromatic nitrogens is 2. The molecular weight excluding hydrogens is 204 g/mol. The van der Waals surface area contributed by atoms with Crippen LogP contribution in [0.3, 0.4) is 0 Å². The molecule has 0 atom stereocenters. The van der Waals surface area contributed by atoms with Gasteiger partial charge in [-0.2, -0.15) is 5.10 Å². The normalized spacial score (nSPS) is 11.1. The molecular formula is C11H22N4O. The van der Waals surface area contributed by atoms with Crippen LogP contribution in [0.5, 0.6) is 0 Å². The summed E-state index contributed by atoms with van der Waals surface area (Å²) in [6.45, 7) is 6.79. The van der Waals surface area contributed by atoms with E-state index in [1.807, 2.05) is 13.2 Å². The third-order valence-corrected chi connectivity index (χ3v) is 2.29. The topological polar surface area (TPSA) is 56.3 Å². The minimum absolute atomic E-state index is 0.568. The van der Waals surface area contributed by atoms with Crippen molar-refractivity contribution < 1.29 is 4.74 Å². The quantitative estimate of drug-likeness (QED) is 0.789. The lowest BCUT2D eigenvalue weighted by Gasteiger charge is -2.24. The lowest BCUT2D eigenvalue weighted by atomic mass is 10.2. The van der Waals surface area contributed by atoms with Crippen LogP contribution in [0.15, 0.2) is 6.20 Å². The van der Waals surface area contributed by atoms with E-state index in [1.165, 1.54) is 0 Å². The van der Waals surface area contributed by atoms with E-state index in [0.29, 0.717) is 12.5 Å². The molecule has 0 bridgehead atoms. The smallest absolute Gasteiger partial charge is 0.173 e. The van der Waals surface area contributed by atoms with Crippen LogP contribution in [0.25, 0.3) is 0 Å². The summed E-state index contributed by atoms with van der Waals surface area (Å²) in [5, 5.41) is 4.38. The highest BCUT2D eigenvalue weighted by Gasteiger charge is 2.14. The first-order valence-electron chi connectivity index (χ1n) is 5.57. The van der Waals surface area contributed by atoms with Crippen LogP contribution in [0.4, 0.5) is 11.5 Å². The van der Waals surface area contributed by atoms with Crippen molar-refractivity contribution in [2.45, 2.75) is 13.8 Å². The van der Waals surface area contributed by atoms with E-state index in [4.69, 9.17) is 10.5 Å². The Morgan fingerprint density at radius 1 is 1.56 bits per heavy atom. The molecule has 0 aliphatic carbocycles. The van der Waals surface area contributed by atoms with Gasteiger partial charge in [0, 0.05) is 33.4 Å². The lowest BCUT2D eigenvalue weighted by Crippen LogP contribution is -2.31. The number of ether oxygens (including phenoxy) is 1. The molecule has 0 spiro atoms. The standard InChI is InChI=1S/C11H22N4O/c1-9(2)7-15(5-6-16-4)11-10(12)8-14(3)13-11/h8-9H,5-7,12H2,1-4H3. The van der Waals surface area contributed by atoms with E-state index < -0.39 is 0 Å². The maximum atomic E-state index is 5.92. The van der Waals surface area contributed by atoms with Gasteiger partial charge in [-0.05, 0) is 5.92 Å². The molecule has 0 aromatic carbocycles. The van der Waals surface area contributed by atoms with Crippen LogP contribution in [-0.4, -0.2) is 36.6 Å². The Kier molecular flexibility index (Phi) is 4.61. The zero-order valence-corrected chi connectivity index (χ0v) is 10.6. The molecule has 1 heterocycles. The minimum atomic E-state index is 0.568. The lowest BCUT2D eigenvalue weighted by molar-refractivity contribution is 0.204. The molecule has 0 aliphatic rings. The van der Waals surface area contributed by atoms with E-state index in [9.17, 15) is 0 Å². The summed E-state index contributed by atoms with van der Waals surface area (Å²) in [7, 11) is 3.58. The average Bonchev–Trinajstić information content (AvgIpc) is 2.52. The Balaban J connectivity index is 2.78. The van der Waals surface area contributed by atoms with Crippen LogP contribution in [-0.2, 0) is 11.8 Å². The predicted octanol–water partition coefficient (Wildman–Crippen LogP) is 1.11. The van der Waals surface area contributed by atoms with Crippen molar-refractivity contribution in [1.82, 2.24) is 9.78 Å². The number of hydrogen-bond donors (Lipinski definition) is 1. The number of aryl methyl sites for hydroxylation is 1. The molecule has 0 saturated heterocycles. The molecule has 1 aromatic rings. The number of nitrogens with two attached hydrogens (primary N) is 1. The molecule has 0 amide bonds. The van der Waals surface area contributed by atoms with Crippen molar-refractivity contribution in [2.24, 2.45) is 13.0 Å². The zero-order valence-electron chi connectivity index (χ0n) is 10.6. The fourth-order valence-electron chi connectivity index (χ4n) is 1.67. The number of rotatable bonds is 6. The van der Waals surface area contributed by atoms with Gasteiger partial charge in [0.2, 0.25) is 0 Å². The Hall–Kier alpha value is -1.23. The Morgan fingerprint density at radius 3 is 2.69 bits per heavy atom. The van der Waals surface area contributed by atoms with Crippen molar-refractivity contribution in [3.63, 3.8) is 0 Å². The van der Waals surface area contributed by atoms with Crippen LogP contribution in [0.2, 0.25) is 0 Å². The summed E-state index contributed by atoms with van der Waals surface area (Å²) >= 11 is 0. The van der Waals surface area contributed by atoms with Gasteiger partial charge in [0.25, 0.3) is 0 Å². The van der Waals surface area contributed by atoms with Gasteiger partial charge in [0.05, 0.1) is 12.3 Å². The van der Waals surface area contributed by atoms with Gasteiger partial charge >= 0.3 is 0 Å². The maximum Gasteiger partial charge on any atom is 0.173 e. The van der Waals surface area contributed by atoms with Crippen molar-refractivity contribution in [2.75, 3.05) is 37.4 Å². The van der Waals surface area contributed by atoms with Gasteiger partial charge < -0.3 is 15.4 Å². The van der Waals surface area contributed by atoms with Crippen molar-refractivity contribution >= 4 is 11.5 Å². The maximum absolute atomic E-state index is 5.92. The minimum Gasteiger partial charge on any atom is -0.394 e. The first kappa shape index (κ1) is 12.8. The van der Waals surface area contributed by atoms with Crippen molar-refractivity contribution in [1.29, 1.82) is 0 Å². The SMILES string of the molecule is COCCN(CC(C)C)c1nn(C)cc1N. The van der Waals surface area contributed by atoms with Crippen LogP contribution >= 0.6 is 0 Å². The molecule has 92 valence electrons. The molecule has 5 heteroatoms. The highest BCUT2D eigenvalue weighted by molar-refractivity contribution is 5.61. The van der Waals surface area contributed by atoms with Crippen LogP contribution in [0.1, 0.15) is 13.8 Å². The number of methoxy groups -OCH3 is 1. The molecule has 5 nitrogen and oxygen atoms in total. The molecule has 2 N–H and O–H groups in total. The first-order chi connectivity index (χ1) is 7.54. The molecule has 16 heavy (non-hydrogen) atoms. The largest absolute Gasteiger partial charge is 0.394 e. The van der Waals surface area contributed by atoms with E-state index in [1.54, 1.807) is 11.8 Å². The molecule has 0 unspecified atom stereocenters. The van der Waals surface area contributed by atoms with Crippen molar-refractivity contribution in [3.8, 4) is 0 Å². The van der Waals surface area contributed by atoms with E-state index in [2.05, 4.69) is 23.8 Å². The highest BCUT2D eigenvalue weighted by Crippen LogP contribution is 2.20. The molecule has 0 aliphatic heterocycles. The fraction of sp³-hybridized carbons (Fsp3) is 0.727. The van der Waals surface area contributed by atoms with Gasteiger partial charge in [-0.3, -0.25) is 4.68 Å². The van der Waals surface area contributed by atoms with E-state index >= 15 is 0 Å². The molecule has 0 saturated carbocycles. The highest BCUT2D eigenvalue weighted by atomic mass is 16.5. The summed E-state index contributed by atoms with van der Waals surface area (Å²) < 4.78 is 6.85. The van der Waals surface area contributed by atoms with Crippen LogP contribution in [0, 0.1) is 5.92 Å². The predicted molar refractivity (Wildman–Crippen MR) is 66.5 cm³/mol. The van der Waals surface area contributed by atoms with Gasteiger partial charge in [0.15, 0.2) is 5.82 Å². The van der Waals surface area contributed by atoms with Crippen molar-refractivity contribution in [3.05, 3.63) is 6.20 Å². The van der Waals surface area contributed by atoms with E-state index in [0.717, 1.165) is 24.6 Å². The average molecular weight is 226 g/mol. The number of nitrogens with zero attached hydrogens (tertiary/aromatic N) is 3. The summed E-state index contributed by atoms with van der Waals surface area (Å²) in [4.78, 5) is 2.17. The number of anilines is 2. The van der Waals surface area contributed by atoms with Gasteiger partial charge in [0.1, 0.15) is 0 Å². The van der Waals surface area contributed by atoms with Gasteiger partial charge in [-0.15, -0.1) is 0 Å². The molecule has 1 rings (SSSR count). The van der Waals surface area contributed by atoms with Crippen LogP contribution < -0.4 is 10.6 Å². The van der Waals surface area contributed by atoms with E-state index in [-0.39, 0.29) is 0 Å². The second-order valence-electron chi connectivity index (χ2n) is 4.41. The molecule has 1 aromatic heterocycles. The molecule has 0 radical (unpaired) electrons. The first-order valence-corrected chi connectivity index (χ1v) is 5.57. The Labute approximate surface area is 97.2 Å². The Morgan fingerprint density at radius 2 is 2.25 bits per heavy atom. The fourth-order valence-corrected chi connectivity index (χ4v) is 1.67. The zero-order chi connectivity index (χ0) is 12.1. The summed E-state index contributed by atoms with van der Waals surface area (Å²) in [6.07, 6.45) is 1.83.